The third kappa shape index (κ3) is 4.70. The molecule has 0 unspecified atom stereocenters. The number of sulfone groups is 1. The number of benzene rings is 2. The lowest BCUT2D eigenvalue weighted by Gasteiger charge is -2.33. The van der Waals surface area contributed by atoms with E-state index in [9.17, 15) is 13.2 Å². The number of aromatic amines is 1. The Labute approximate surface area is 187 Å². The number of rotatable bonds is 6. The summed E-state index contributed by atoms with van der Waals surface area (Å²) in [5.74, 6) is 0.640. The van der Waals surface area contributed by atoms with Gasteiger partial charge in [-0.15, -0.1) is 0 Å². The van der Waals surface area contributed by atoms with Gasteiger partial charge in [-0.2, -0.15) is 0 Å². The van der Waals surface area contributed by atoms with E-state index in [1.807, 2.05) is 35.2 Å². The molecular formula is C23H25N3O3S2. The molecule has 2 aromatic carbocycles. The number of nitrogens with one attached hydrogen (secondary N) is 1. The zero-order valence-electron chi connectivity index (χ0n) is 17.3. The molecule has 3 aromatic rings. The summed E-state index contributed by atoms with van der Waals surface area (Å²) >= 11 is 1.18. The fourth-order valence-corrected chi connectivity index (χ4v) is 6.28. The van der Waals surface area contributed by atoms with Gasteiger partial charge in [0.2, 0.25) is 15.7 Å². The summed E-state index contributed by atoms with van der Waals surface area (Å²) in [4.78, 5) is 22.5. The van der Waals surface area contributed by atoms with Crippen molar-refractivity contribution in [1.82, 2.24) is 14.9 Å². The molecule has 4 rings (SSSR count). The van der Waals surface area contributed by atoms with Crippen LogP contribution in [0.5, 0.6) is 0 Å². The molecule has 0 bridgehead atoms. The Hall–Kier alpha value is -2.58. The minimum absolute atomic E-state index is 0.0181. The quantitative estimate of drug-likeness (QED) is 0.557. The van der Waals surface area contributed by atoms with Gasteiger partial charge < -0.3 is 9.88 Å². The number of nitrogens with zero attached hydrogens (tertiary/aromatic N) is 2. The minimum Gasteiger partial charge on any atom is -0.339 e. The van der Waals surface area contributed by atoms with E-state index < -0.39 is 9.84 Å². The summed E-state index contributed by atoms with van der Waals surface area (Å²) in [7, 11) is -3.80. The predicted octanol–water partition coefficient (Wildman–Crippen LogP) is 4.40. The molecule has 1 aromatic heterocycles. The maximum atomic E-state index is 13.3. The van der Waals surface area contributed by atoms with Crippen LogP contribution >= 0.6 is 11.8 Å². The second-order valence-corrected chi connectivity index (χ2v) is 10.5. The lowest BCUT2D eigenvalue weighted by Crippen LogP contribution is -2.42. The van der Waals surface area contributed by atoms with Gasteiger partial charge in [-0.25, -0.2) is 13.4 Å². The fraction of sp³-hybridized carbons (Fsp3) is 0.304. The summed E-state index contributed by atoms with van der Waals surface area (Å²) in [5.41, 5.74) is 0.787. The molecule has 1 atom stereocenters. The number of likely N-dealkylation sites (tertiary alicyclic amines) is 1. The summed E-state index contributed by atoms with van der Waals surface area (Å²) < 4.78 is 26.6. The Balaban J connectivity index is 1.65. The number of piperidine rings is 1. The number of hydrogen-bond acceptors (Lipinski definition) is 5. The Morgan fingerprint density at radius 2 is 1.77 bits per heavy atom. The molecule has 0 spiro atoms. The number of thioether (sulfide) groups is 1. The van der Waals surface area contributed by atoms with Crippen LogP contribution in [-0.2, 0) is 14.6 Å². The second kappa shape index (κ2) is 9.28. The van der Waals surface area contributed by atoms with E-state index in [4.69, 9.17) is 0 Å². The molecule has 1 N–H and O–H groups in total. The Morgan fingerprint density at radius 3 is 2.45 bits per heavy atom. The van der Waals surface area contributed by atoms with Crippen molar-refractivity contribution in [2.75, 3.05) is 12.3 Å². The molecule has 6 nitrogen and oxygen atoms in total. The zero-order chi connectivity index (χ0) is 21.8. The van der Waals surface area contributed by atoms with Crippen LogP contribution in [0.2, 0.25) is 0 Å². The normalized spacial score (nSPS) is 16.9. The number of hydrogen-bond donors (Lipinski definition) is 1. The van der Waals surface area contributed by atoms with E-state index in [2.05, 4.69) is 16.9 Å². The van der Waals surface area contributed by atoms with E-state index in [1.165, 1.54) is 11.8 Å². The standard InChI is InChI=1S/C23H25N3O3S2/c1-17-10-8-9-15-26(17)20(27)16-30-22-23(31(28,29)19-13-6-3-7-14-19)25-21(24-22)18-11-4-2-5-12-18/h2-7,11-14,17H,8-10,15-16H2,1H3,(H,24,25)/t17-/m1/s1. The maximum absolute atomic E-state index is 13.3. The maximum Gasteiger partial charge on any atom is 0.233 e. The van der Waals surface area contributed by atoms with E-state index >= 15 is 0 Å². The van der Waals surface area contributed by atoms with Crippen LogP contribution < -0.4 is 0 Å². The summed E-state index contributed by atoms with van der Waals surface area (Å²) in [6.45, 7) is 2.82. The third-order valence-electron chi connectivity index (χ3n) is 5.46. The van der Waals surface area contributed by atoms with Crippen LogP contribution in [0, 0.1) is 0 Å². The summed E-state index contributed by atoms with van der Waals surface area (Å²) in [5, 5.41) is 0.350. The largest absolute Gasteiger partial charge is 0.339 e. The van der Waals surface area contributed by atoms with Gasteiger partial charge in [0.05, 0.1) is 10.6 Å². The number of imidazole rings is 1. The van der Waals surface area contributed by atoms with Crippen molar-refractivity contribution in [1.29, 1.82) is 0 Å². The molecule has 31 heavy (non-hydrogen) atoms. The number of H-pyrrole nitrogens is 1. The van der Waals surface area contributed by atoms with E-state index in [0.29, 0.717) is 10.9 Å². The van der Waals surface area contributed by atoms with Crippen LogP contribution in [-0.4, -0.2) is 47.5 Å². The van der Waals surface area contributed by atoms with Crippen molar-refractivity contribution in [3.05, 3.63) is 60.7 Å². The van der Waals surface area contributed by atoms with Crippen LogP contribution in [0.25, 0.3) is 11.4 Å². The molecule has 162 valence electrons. The lowest BCUT2D eigenvalue weighted by molar-refractivity contribution is -0.131. The zero-order valence-corrected chi connectivity index (χ0v) is 19.0. The number of amides is 1. The summed E-state index contributed by atoms with van der Waals surface area (Å²) in [6, 6.07) is 17.9. The average Bonchev–Trinajstić information content (AvgIpc) is 3.24. The number of aromatic nitrogens is 2. The molecule has 1 aliphatic rings. The fourth-order valence-electron chi connectivity index (χ4n) is 3.75. The first-order valence-corrected chi connectivity index (χ1v) is 12.8. The lowest BCUT2D eigenvalue weighted by atomic mass is 10.0. The Kier molecular flexibility index (Phi) is 6.48. The van der Waals surface area contributed by atoms with Crippen molar-refractivity contribution in [2.24, 2.45) is 0 Å². The van der Waals surface area contributed by atoms with Gasteiger partial charge in [-0.1, -0.05) is 60.3 Å². The topological polar surface area (TPSA) is 83.1 Å². The number of carbonyl (C=O) groups is 1. The highest BCUT2D eigenvalue weighted by Crippen LogP contribution is 2.32. The molecule has 0 radical (unpaired) electrons. The molecule has 1 aliphatic heterocycles. The molecule has 1 saturated heterocycles. The minimum atomic E-state index is -3.80. The first-order valence-electron chi connectivity index (χ1n) is 10.3. The smallest absolute Gasteiger partial charge is 0.233 e. The van der Waals surface area contributed by atoms with Gasteiger partial charge >= 0.3 is 0 Å². The first kappa shape index (κ1) is 21.6. The average molecular weight is 456 g/mol. The van der Waals surface area contributed by atoms with Crippen molar-refractivity contribution in [2.45, 2.75) is 47.2 Å². The third-order valence-corrected chi connectivity index (χ3v) is 8.28. The highest BCUT2D eigenvalue weighted by atomic mass is 32.2. The molecule has 2 heterocycles. The van der Waals surface area contributed by atoms with Crippen LogP contribution in [0.4, 0.5) is 0 Å². The molecule has 8 heteroatoms. The SMILES string of the molecule is C[C@@H]1CCCCN1C(=O)CSc1nc(-c2ccccc2)[nH]c1S(=O)(=O)c1ccccc1. The van der Waals surface area contributed by atoms with Gasteiger partial charge in [-0.3, -0.25) is 4.79 Å². The van der Waals surface area contributed by atoms with Crippen LogP contribution in [0.1, 0.15) is 26.2 Å². The van der Waals surface area contributed by atoms with Gasteiger partial charge in [0.1, 0.15) is 10.9 Å². The molecule has 1 amide bonds. The van der Waals surface area contributed by atoms with E-state index in [1.54, 1.807) is 30.3 Å². The molecule has 0 aliphatic carbocycles. The van der Waals surface area contributed by atoms with E-state index in [0.717, 1.165) is 31.4 Å². The highest BCUT2D eigenvalue weighted by molar-refractivity contribution is 8.00. The van der Waals surface area contributed by atoms with Crippen molar-refractivity contribution in [3.8, 4) is 11.4 Å². The Bertz CT molecular complexity index is 1150. The first-order chi connectivity index (χ1) is 15.0. The van der Waals surface area contributed by atoms with Crippen LogP contribution in [0.15, 0.2) is 75.6 Å². The monoisotopic (exact) mass is 455 g/mol. The molecule has 0 saturated carbocycles. The van der Waals surface area contributed by atoms with Crippen LogP contribution in [0.3, 0.4) is 0 Å². The van der Waals surface area contributed by atoms with Gasteiger partial charge in [0.15, 0.2) is 5.03 Å². The van der Waals surface area contributed by atoms with Gasteiger partial charge in [-0.05, 0) is 38.3 Å². The summed E-state index contributed by atoms with van der Waals surface area (Å²) in [6.07, 6.45) is 3.15. The molecular weight excluding hydrogens is 430 g/mol. The van der Waals surface area contributed by atoms with Crippen molar-refractivity contribution < 1.29 is 13.2 Å². The van der Waals surface area contributed by atoms with Crippen molar-refractivity contribution >= 4 is 27.5 Å². The highest BCUT2D eigenvalue weighted by Gasteiger charge is 2.28. The van der Waals surface area contributed by atoms with Gasteiger partial charge in [0.25, 0.3) is 0 Å². The van der Waals surface area contributed by atoms with E-state index in [-0.39, 0.29) is 27.6 Å². The predicted molar refractivity (Wildman–Crippen MR) is 122 cm³/mol. The van der Waals surface area contributed by atoms with Crippen molar-refractivity contribution in [3.63, 3.8) is 0 Å². The second-order valence-electron chi connectivity index (χ2n) is 7.62. The molecule has 1 fully saturated rings. The Morgan fingerprint density at radius 1 is 1.10 bits per heavy atom. The van der Waals surface area contributed by atoms with Gasteiger partial charge in [0, 0.05) is 18.2 Å². The number of carbonyl (C=O) groups excluding carboxylic acids is 1.